The van der Waals surface area contributed by atoms with Crippen LogP contribution in [0.5, 0.6) is 0 Å². The van der Waals surface area contributed by atoms with E-state index < -0.39 is 0 Å². The van der Waals surface area contributed by atoms with Crippen LogP contribution >= 0.6 is 0 Å². The highest BCUT2D eigenvalue weighted by molar-refractivity contribution is 4.93. The molecule has 16 heavy (non-hydrogen) atoms. The summed E-state index contributed by atoms with van der Waals surface area (Å²) in [5, 5.41) is 3.79. The van der Waals surface area contributed by atoms with Gasteiger partial charge in [-0.1, -0.05) is 5.16 Å². The molecule has 1 aliphatic heterocycles. The minimum absolute atomic E-state index is 0.0887. The summed E-state index contributed by atoms with van der Waals surface area (Å²) < 4.78 is 10.8. The van der Waals surface area contributed by atoms with Gasteiger partial charge in [0.25, 0.3) is 5.89 Å². The number of nitrogens with zero attached hydrogens (tertiary/aromatic N) is 3. The molecule has 1 unspecified atom stereocenters. The Bertz CT molecular complexity index is 356. The molecule has 2 rings (SSSR count). The van der Waals surface area contributed by atoms with Gasteiger partial charge < -0.3 is 9.26 Å². The van der Waals surface area contributed by atoms with E-state index in [1.54, 1.807) is 0 Å². The quantitative estimate of drug-likeness (QED) is 0.725. The molecule has 0 aliphatic carbocycles. The fourth-order valence-corrected chi connectivity index (χ4v) is 1.85. The molecule has 1 aromatic heterocycles. The lowest BCUT2D eigenvalue weighted by Crippen LogP contribution is -2.48. The van der Waals surface area contributed by atoms with Gasteiger partial charge in [0.15, 0.2) is 5.82 Å². The van der Waals surface area contributed by atoms with Crippen molar-refractivity contribution in [2.24, 2.45) is 0 Å². The Balaban J connectivity index is 2.07. The zero-order valence-corrected chi connectivity index (χ0v) is 10.4. The summed E-state index contributed by atoms with van der Waals surface area (Å²) in [7, 11) is 0. The minimum Gasteiger partial charge on any atom is -0.366 e. The van der Waals surface area contributed by atoms with Crippen LogP contribution in [0.3, 0.4) is 0 Å². The van der Waals surface area contributed by atoms with Gasteiger partial charge in [-0.3, -0.25) is 4.90 Å². The highest BCUT2D eigenvalue weighted by Gasteiger charge is 2.31. The molecule has 0 amide bonds. The highest BCUT2D eigenvalue weighted by atomic mass is 16.5. The Morgan fingerprint density at radius 3 is 2.69 bits per heavy atom. The number of ether oxygens (including phenoxy) is 1. The molecule has 1 aliphatic rings. The predicted molar refractivity (Wildman–Crippen MR) is 59.1 cm³/mol. The molecule has 0 spiro atoms. The molecule has 2 heterocycles. The smallest absolute Gasteiger partial charge is 0.257 e. The van der Waals surface area contributed by atoms with Crippen molar-refractivity contribution in [3.63, 3.8) is 0 Å². The maximum absolute atomic E-state index is 5.66. The summed E-state index contributed by atoms with van der Waals surface area (Å²) in [6, 6.07) is 0. The van der Waals surface area contributed by atoms with Gasteiger partial charge >= 0.3 is 0 Å². The van der Waals surface area contributed by atoms with Crippen molar-refractivity contribution in [3.05, 3.63) is 11.7 Å². The van der Waals surface area contributed by atoms with E-state index >= 15 is 0 Å². The van der Waals surface area contributed by atoms with Gasteiger partial charge in [0.1, 0.15) is 6.10 Å². The van der Waals surface area contributed by atoms with Crippen molar-refractivity contribution in [1.29, 1.82) is 0 Å². The van der Waals surface area contributed by atoms with Gasteiger partial charge in [-0.15, -0.1) is 0 Å². The number of hydrogen-bond donors (Lipinski definition) is 0. The molecule has 0 radical (unpaired) electrons. The maximum atomic E-state index is 5.66. The van der Waals surface area contributed by atoms with Gasteiger partial charge in [-0.25, -0.2) is 0 Å². The van der Waals surface area contributed by atoms with Gasteiger partial charge in [0, 0.05) is 18.6 Å². The number of rotatable bonds is 1. The molecular weight excluding hydrogens is 206 g/mol. The molecule has 0 N–H and O–H groups in total. The molecule has 0 bridgehead atoms. The molecule has 90 valence electrons. The Hall–Kier alpha value is -0.940. The average molecular weight is 225 g/mol. The van der Waals surface area contributed by atoms with Crippen molar-refractivity contribution in [2.45, 2.75) is 39.3 Å². The van der Waals surface area contributed by atoms with Crippen LogP contribution in [0.1, 0.15) is 38.6 Å². The van der Waals surface area contributed by atoms with Gasteiger partial charge in [0.2, 0.25) is 0 Å². The average Bonchev–Trinajstić information content (AvgIpc) is 2.64. The number of morpholine rings is 1. The normalized spacial score (nSPS) is 23.6. The predicted octanol–water partition coefficient (Wildman–Crippen LogP) is 1.55. The molecule has 1 aromatic rings. The second-order valence-electron chi connectivity index (χ2n) is 5.16. The topological polar surface area (TPSA) is 51.4 Å². The molecule has 5 nitrogen and oxygen atoms in total. The van der Waals surface area contributed by atoms with Crippen molar-refractivity contribution >= 4 is 0 Å². The van der Waals surface area contributed by atoms with Crippen molar-refractivity contribution in [1.82, 2.24) is 15.0 Å². The van der Waals surface area contributed by atoms with E-state index in [2.05, 4.69) is 35.8 Å². The van der Waals surface area contributed by atoms with Gasteiger partial charge in [-0.2, -0.15) is 4.98 Å². The number of aryl methyl sites for hydroxylation is 1. The van der Waals surface area contributed by atoms with E-state index in [-0.39, 0.29) is 11.6 Å². The first-order chi connectivity index (χ1) is 7.47. The lowest BCUT2D eigenvalue weighted by molar-refractivity contribution is -0.0714. The molecule has 0 aromatic carbocycles. The Kier molecular flexibility index (Phi) is 2.99. The SMILES string of the molecule is Cc1noc(C2CN(C(C)(C)C)CCO2)n1. The fraction of sp³-hybridized carbons (Fsp3) is 0.818. The van der Waals surface area contributed by atoms with Crippen molar-refractivity contribution in [3.8, 4) is 0 Å². The first-order valence-electron chi connectivity index (χ1n) is 5.63. The van der Waals surface area contributed by atoms with Crippen LogP contribution in [0.25, 0.3) is 0 Å². The summed E-state index contributed by atoms with van der Waals surface area (Å²) >= 11 is 0. The van der Waals surface area contributed by atoms with Crippen molar-refractivity contribution < 1.29 is 9.26 Å². The largest absolute Gasteiger partial charge is 0.366 e. The number of hydrogen-bond acceptors (Lipinski definition) is 5. The zero-order valence-electron chi connectivity index (χ0n) is 10.4. The van der Waals surface area contributed by atoms with Crippen LogP contribution in [0, 0.1) is 6.92 Å². The summed E-state index contributed by atoms with van der Waals surface area (Å²) in [6.45, 7) is 10.9. The van der Waals surface area contributed by atoms with E-state index in [0.29, 0.717) is 18.3 Å². The summed E-state index contributed by atoms with van der Waals surface area (Å²) in [5.41, 5.74) is 0.150. The third-order valence-electron chi connectivity index (χ3n) is 2.83. The van der Waals surface area contributed by atoms with E-state index in [1.807, 2.05) is 6.92 Å². The lowest BCUT2D eigenvalue weighted by atomic mass is 10.0. The third kappa shape index (κ3) is 2.41. The molecule has 1 atom stereocenters. The molecule has 1 saturated heterocycles. The number of aromatic nitrogens is 2. The van der Waals surface area contributed by atoms with Crippen LogP contribution in [-0.2, 0) is 4.74 Å². The van der Waals surface area contributed by atoms with E-state index in [4.69, 9.17) is 9.26 Å². The van der Waals surface area contributed by atoms with Crippen LogP contribution in [0.4, 0.5) is 0 Å². The lowest BCUT2D eigenvalue weighted by Gasteiger charge is -2.40. The standard InChI is InChI=1S/C11H19N3O2/c1-8-12-10(16-13-8)9-7-14(5-6-15-9)11(2,3)4/h9H,5-7H2,1-4H3. The monoisotopic (exact) mass is 225 g/mol. The molecule has 1 fully saturated rings. The Morgan fingerprint density at radius 2 is 2.12 bits per heavy atom. The van der Waals surface area contributed by atoms with Crippen molar-refractivity contribution in [2.75, 3.05) is 19.7 Å². The molecule has 0 saturated carbocycles. The Labute approximate surface area is 95.8 Å². The van der Waals surface area contributed by atoms with Crippen LogP contribution < -0.4 is 0 Å². The maximum Gasteiger partial charge on any atom is 0.257 e. The van der Waals surface area contributed by atoms with Crippen LogP contribution in [0.15, 0.2) is 4.52 Å². The second-order valence-corrected chi connectivity index (χ2v) is 5.16. The van der Waals surface area contributed by atoms with E-state index in [9.17, 15) is 0 Å². The Morgan fingerprint density at radius 1 is 1.38 bits per heavy atom. The van der Waals surface area contributed by atoms with E-state index in [1.165, 1.54) is 0 Å². The van der Waals surface area contributed by atoms with Crippen LogP contribution in [-0.4, -0.2) is 40.3 Å². The minimum atomic E-state index is -0.0887. The zero-order chi connectivity index (χ0) is 11.8. The first-order valence-corrected chi connectivity index (χ1v) is 5.63. The summed E-state index contributed by atoms with van der Waals surface area (Å²) in [6.07, 6.45) is -0.0887. The third-order valence-corrected chi connectivity index (χ3v) is 2.83. The molecular formula is C11H19N3O2. The van der Waals surface area contributed by atoms with E-state index in [0.717, 1.165) is 13.1 Å². The first kappa shape index (κ1) is 11.5. The van der Waals surface area contributed by atoms with Gasteiger partial charge in [-0.05, 0) is 27.7 Å². The van der Waals surface area contributed by atoms with Crippen LogP contribution in [0.2, 0.25) is 0 Å². The van der Waals surface area contributed by atoms with Gasteiger partial charge in [0.05, 0.1) is 6.61 Å². The highest BCUT2D eigenvalue weighted by Crippen LogP contribution is 2.25. The fourth-order valence-electron chi connectivity index (χ4n) is 1.85. The second kappa shape index (κ2) is 4.14. The summed E-state index contributed by atoms with van der Waals surface area (Å²) in [5.74, 6) is 1.25. The summed E-state index contributed by atoms with van der Waals surface area (Å²) in [4.78, 5) is 6.60. The molecule has 5 heteroatoms.